The van der Waals surface area contributed by atoms with Gasteiger partial charge < -0.3 is 15.1 Å². The standard InChI is InChI=1S/C22H30N6O/c1-23-14-17-13-20(26(2)3)25-22(24-17)19-9-6-11-27(19)15-21(29)28-12-10-16-7-4-5-8-18(16)28/h4-5,7-8,13,19,23H,6,9-12,14-15H2,1-3H3/t19-/m1/s1. The van der Waals surface area contributed by atoms with E-state index in [1.807, 2.05) is 49.1 Å². The number of aromatic nitrogens is 2. The predicted molar refractivity (Wildman–Crippen MR) is 115 cm³/mol. The average molecular weight is 395 g/mol. The van der Waals surface area contributed by atoms with E-state index in [1.165, 1.54) is 5.56 Å². The molecule has 0 aliphatic carbocycles. The second-order valence-corrected chi connectivity index (χ2v) is 8.05. The van der Waals surface area contributed by atoms with Crippen molar-refractivity contribution < 1.29 is 4.79 Å². The lowest BCUT2D eigenvalue weighted by Gasteiger charge is -2.26. The van der Waals surface area contributed by atoms with Crippen LogP contribution in [0.3, 0.4) is 0 Å². The van der Waals surface area contributed by atoms with E-state index in [1.54, 1.807) is 0 Å². The third-order valence-corrected chi connectivity index (χ3v) is 5.79. The Morgan fingerprint density at radius 3 is 2.86 bits per heavy atom. The second kappa shape index (κ2) is 8.47. The molecule has 1 amide bonds. The number of para-hydroxylation sites is 1. The quantitative estimate of drug-likeness (QED) is 0.808. The van der Waals surface area contributed by atoms with Gasteiger partial charge in [-0.1, -0.05) is 18.2 Å². The molecule has 1 aromatic heterocycles. The van der Waals surface area contributed by atoms with Gasteiger partial charge in [-0.05, 0) is 44.5 Å². The van der Waals surface area contributed by atoms with Crippen LogP contribution < -0.4 is 15.1 Å². The third kappa shape index (κ3) is 4.11. The average Bonchev–Trinajstić information content (AvgIpc) is 3.34. The number of nitrogens with zero attached hydrogens (tertiary/aromatic N) is 5. The van der Waals surface area contributed by atoms with Crippen LogP contribution in [0.25, 0.3) is 0 Å². The first-order valence-electron chi connectivity index (χ1n) is 10.4. The molecule has 7 nitrogen and oxygen atoms in total. The van der Waals surface area contributed by atoms with Crippen LogP contribution in [0.4, 0.5) is 11.5 Å². The van der Waals surface area contributed by atoms with E-state index in [-0.39, 0.29) is 11.9 Å². The minimum atomic E-state index is 0.0901. The van der Waals surface area contributed by atoms with Crippen molar-refractivity contribution in [1.82, 2.24) is 20.2 Å². The van der Waals surface area contributed by atoms with Crippen molar-refractivity contribution in [3.63, 3.8) is 0 Å². The van der Waals surface area contributed by atoms with E-state index in [2.05, 4.69) is 22.3 Å². The molecule has 29 heavy (non-hydrogen) atoms. The molecular formula is C22H30N6O. The lowest BCUT2D eigenvalue weighted by molar-refractivity contribution is -0.119. The maximum atomic E-state index is 13.1. The van der Waals surface area contributed by atoms with Gasteiger partial charge in [0.15, 0.2) is 0 Å². The fraction of sp³-hybridized carbons (Fsp3) is 0.500. The maximum absolute atomic E-state index is 13.1. The van der Waals surface area contributed by atoms with Gasteiger partial charge in [-0.2, -0.15) is 0 Å². The van der Waals surface area contributed by atoms with Gasteiger partial charge in [-0.3, -0.25) is 9.69 Å². The first kappa shape index (κ1) is 19.8. The van der Waals surface area contributed by atoms with Crippen molar-refractivity contribution in [2.75, 3.05) is 50.6 Å². The molecule has 7 heteroatoms. The van der Waals surface area contributed by atoms with E-state index < -0.39 is 0 Å². The van der Waals surface area contributed by atoms with Gasteiger partial charge in [0.25, 0.3) is 0 Å². The number of likely N-dealkylation sites (tertiary alicyclic amines) is 1. The van der Waals surface area contributed by atoms with Gasteiger partial charge in [-0.15, -0.1) is 0 Å². The number of benzene rings is 1. The zero-order valence-corrected chi connectivity index (χ0v) is 17.6. The summed E-state index contributed by atoms with van der Waals surface area (Å²) in [6.45, 7) is 2.79. The summed E-state index contributed by atoms with van der Waals surface area (Å²) in [6.07, 6.45) is 2.98. The first-order chi connectivity index (χ1) is 14.1. The van der Waals surface area contributed by atoms with E-state index in [0.29, 0.717) is 13.1 Å². The van der Waals surface area contributed by atoms with Crippen LogP contribution in [-0.4, -0.2) is 61.6 Å². The lowest BCUT2D eigenvalue weighted by Crippen LogP contribution is -2.39. The summed E-state index contributed by atoms with van der Waals surface area (Å²) < 4.78 is 0. The molecule has 0 saturated carbocycles. The summed E-state index contributed by atoms with van der Waals surface area (Å²) in [5.74, 6) is 1.90. The Kier molecular flexibility index (Phi) is 5.78. The minimum Gasteiger partial charge on any atom is -0.363 e. The smallest absolute Gasteiger partial charge is 0.241 e. The minimum absolute atomic E-state index is 0.0901. The first-order valence-corrected chi connectivity index (χ1v) is 10.4. The number of carbonyl (C=O) groups is 1. The highest BCUT2D eigenvalue weighted by Crippen LogP contribution is 2.32. The molecule has 1 saturated heterocycles. The van der Waals surface area contributed by atoms with Crippen LogP contribution >= 0.6 is 0 Å². The topological polar surface area (TPSA) is 64.6 Å². The number of carbonyl (C=O) groups excluding carboxylic acids is 1. The molecule has 1 aromatic carbocycles. The Morgan fingerprint density at radius 2 is 2.07 bits per heavy atom. The zero-order valence-electron chi connectivity index (χ0n) is 17.6. The summed E-state index contributed by atoms with van der Waals surface area (Å²) in [5, 5.41) is 3.17. The monoisotopic (exact) mass is 394 g/mol. The Balaban J connectivity index is 1.53. The van der Waals surface area contributed by atoms with E-state index >= 15 is 0 Å². The summed E-state index contributed by atoms with van der Waals surface area (Å²) in [5.41, 5.74) is 3.31. The third-order valence-electron chi connectivity index (χ3n) is 5.79. The molecule has 2 aliphatic rings. The molecule has 3 heterocycles. The van der Waals surface area contributed by atoms with Crippen LogP contribution in [-0.2, 0) is 17.8 Å². The summed E-state index contributed by atoms with van der Waals surface area (Å²) in [7, 11) is 5.91. The molecule has 154 valence electrons. The number of fused-ring (bicyclic) bond motifs is 1. The summed E-state index contributed by atoms with van der Waals surface area (Å²) >= 11 is 0. The van der Waals surface area contributed by atoms with Gasteiger partial charge in [0.05, 0.1) is 18.3 Å². The number of anilines is 2. The van der Waals surface area contributed by atoms with Gasteiger partial charge >= 0.3 is 0 Å². The van der Waals surface area contributed by atoms with Crippen LogP contribution in [0.15, 0.2) is 30.3 Å². The molecule has 1 N–H and O–H groups in total. The van der Waals surface area contributed by atoms with Crippen LogP contribution in [0.5, 0.6) is 0 Å². The molecule has 4 rings (SSSR count). The number of nitrogens with one attached hydrogen (secondary N) is 1. The predicted octanol–water partition coefficient (Wildman–Crippen LogP) is 1.99. The number of amides is 1. The lowest BCUT2D eigenvalue weighted by atomic mass is 10.2. The van der Waals surface area contributed by atoms with Crippen molar-refractivity contribution in [3.05, 3.63) is 47.4 Å². The highest BCUT2D eigenvalue weighted by molar-refractivity contribution is 5.96. The second-order valence-electron chi connectivity index (χ2n) is 8.05. The number of rotatable bonds is 6. The molecule has 1 atom stereocenters. The largest absolute Gasteiger partial charge is 0.363 e. The van der Waals surface area contributed by atoms with Crippen molar-refractivity contribution >= 4 is 17.4 Å². The van der Waals surface area contributed by atoms with Crippen LogP contribution in [0.2, 0.25) is 0 Å². The van der Waals surface area contributed by atoms with E-state index in [4.69, 9.17) is 9.97 Å². The SMILES string of the molecule is CNCc1cc(N(C)C)nc([C@H]2CCCN2CC(=O)N2CCc3ccccc32)n1. The van der Waals surface area contributed by atoms with Crippen molar-refractivity contribution in [3.8, 4) is 0 Å². The highest BCUT2D eigenvalue weighted by Gasteiger charge is 2.33. The zero-order chi connectivity index (χ0) is 20.4. The van der Waals surface area contributed by atoms with Crippen molar-refractivity contribution in [2.45, 2.75) is 31.8 Å². The Morgan fingerprint density at radius 1 is 1.24 bits per heavy atom. The maximum Gasteiger partial charge on any atom is 0.241 e. The fourth-order valence-electron chi connectivity index (χ4n) is 4.32. The van der Waals surface area contributed by atoms with E-state index in [9.17, 15) is 4.79 Å². The van der Waals surface area contributed by atoms with Crippen LogP contribution in [0, 0.1) is 0 Å². The van der Waals surface area contributed by atoms with Crippen molar-refractivity contribution in [1.29, 1.82) is 0 Å². The fourth-order valence-corrected chi connectivity index (χ4v) is 4.32. The normalized spacial score (nSPS) is 18.9. The Bertz CT molecular complexity index is 883. The van der Waals surface area contributed by atoms with Gasteiger partial charge in [-0.25, -0.2) is 9.97 Å². The van der Waals surface area contributed by atoms with Gasteiger partial charge in [0.1, 0.15) is 11.6 Å². The summed E-state index contributed by atoms with van der Waals surface area (Å²) in [4.78, 5) is 28.9. The molecule has 0 spiro atoms. The van der Waals surface area contributed by atoms with Crippen LogP contribution in [0.1, 0.15) is 36.0 Å². The number of hydrogen-bond donors (Lipinski definition) is 1. The summed E-state index contributed by atoms with van der Waals surface area (Å²) in [6, 6.07) is 10.3. The molecule has 0 radical (unpaired) electrons. The molecule has 0 unspecified atom stereocenters. The molecule has 1 fully saturated rings. The van der Waals surface area contributed by atoms with Gasteiger partial charge in [0, 0.05) is 38.9 Å². The number of hydrogen-bond acceptors (Lipinski definition) is 6. The molecular weight excluding hydrogens is 364 g/mol. The Hall–Kier alpha value is -2.51. The molecule has 0 bridgehead atoms. The highest BCUT2D eigenvalue weighted by atomic mass is 16.2. The van der Waals surface area contributed by atoms with E-state index in [0.717, 1.165) is 55.4 Å². The van der Waals surface area contributed by atoms with Gasteiger partial charge in [0.2, 0.25) is 5.91 Å². The molecule has 2 aromatic rings. The van der Waals surface area contributed by atoms with Crippen molar-refractivity contribution in [2.24, 2.45) is 0 Å². The molecule has 2 aliphatic heterocycles. The Labute approximate surface area is 172 Å².